The van der Waals surface area contributed by atoms with Crippen molar-refractivity contribution in [2.75, 3.05) is 0 Å². The molecule has 1 aromatic heterocycles. The van der Waals surface area contributed by atoms with Crippen molar-refractivity contribution in [3.8, 4) is 0 Å². The summed E-state index contributed by atoms with van der Waals surface area (Å²) in [5, 5.41) is 0. The van der Waals surface area contributed by atoms with Gasteiger partial charge in [-0.05, 0) is 42.8 Å². The number of allylic oxidation sites excluding steroid dienone is 1. The van der Waals surface area contributed by atoms with E-state index >= 15 is 0 Å². The van der Waals surface area contributed by atoms with Crippen molar-refractivity contribution in [1.82, 2.24) is 0 Å². The molecule has 2 rings (SSSR count). The molecule has 0 radical (unpaired) electrons. The van der Waals surface area contributed by atoms with E-state index in [1.165, 1.54) is 29.6 Å². The van der Waals surface area contributed by atoms with E-state index in [0.29, 0.717) is 4.88 Å². The van der Waals surface area contributed by atoms with Crippen LogP contribution in [0.1, 0.15) is 27.0 Å². The van der Waals surface area contributed by atoms with E-state index in [0.717, 1.165) is 23.4 Å². The third-order valence-electron chi connectivity index (χ3n) is 2.63. The maximum atomic E-state index is 13.4. The number of carbonyl (C=O) groups excluding carboxylic acids is 1. The van der Waals surface area contributed by atoms with Crippen LogP contribution in [0.25, 0.3) is 6.08 Å². The van der Waals surface area contributed by atoms with Gasteiger partial charge in [0.05, 0.1) is 4.88 Å². The van der Waals surface area contributed by atoms with Gasteiger partial charge in [0.1, 0.15) is 11.6 Å². The minimum atomic E-state index is -0.676. The molecule has 98 valence electrons. The van der Waals surface area contributed by atoms with Crippen molar-refractivity contribution in [2.45, 2.75) is 13.3 Å². The first-order valence-corrected chi connectivity index (χ1v) is 6.68. The van der Waals surface area contributed by atoms with Crippen LogP contribution in [0.4, 0.5) is 8.78 Å². The quantitative estimate of drug-likeness (QED) is 0.595. The lowest BCUT2D eigenvalue weighted by atomic mass is 10.1. The lowest BCUT2D eigenvalue weighted by Crippen LogP contribution is -1.90. The highest BCUT2D eigenvalue weighted by Gasteiger charge is 2.06. The molecule has 19 heavy (non-hydrogen) atoms. The lowest BCUT2D eigenvalue weighted by molar-refractivity contribution is 0.105. The maximum Gasteiger partial charge on any atom is 0.195 e. The Kier molecular flexibility index (Phi) is 4.22. The first-order valence-electron chi connectivity index (χ1n) is 5.86. The maximum absolute atomic E-state index is 13.4. The van der Waals surface area contributed by atoms with Gasteiger partial charge in [-0.25, -0.2) is 8.78 Å². The summed E-state index contributed by atoms with van der Waals surface area (Å²) in [4.78, 5) is 13.6. The Hall–Kier alpha value is -1.81. The van der Waals surface area contributed by atoms with Gasteiger partial charge in [0, 0.05) is 16.5 Å². The smallest absolute Gasteiger partial charge is 0.195 e. The Balaban J connectivity index is 2.15. The Labute approximate surface area is 114 Å². The Morgan fingerprint density at radius 3 is 2.68 bits per heavy atom. The molecule has 0 bridgehead atoms. The largest absolute Gasteiger partial charge is 0.288 e. The molecule has 0 saturated carbocycles. The summed E-state index contributed by atoms with van der Waals surface area (Å²) in [5.41, 5.74) is 0.196. The molecule has 1 heterocycles. The van der Waals surface area contributed by atoms with Crippen LogP contribution < -0.4 is 0 Å². The summed E-state index contributed by atoms with van der Waals surface area (Å²) >= 11 is 1.43. The number of aryl methyl sites for hydroxylation is 1. The summed E-state index contributed by atoms with van der Waals surface area (Å²) in [6, 6.07) is 6.93. The normalized spacial score (nSPS) is 11.1. The van der Waals surface area contributed by atoms with E-state index in [1.54, 1.807) is 6.07 Å². The van der Waals surface area contributed by atoms with Gasteiger partial charge in [-0.15, -0.1) is 11.3 Å². The Morgan fingerprint density at radius 1 is 1.26 bits per heavy atom. The molecule has 0 fully saturated rings. The highest BCUT2D eigenvalue weighted by atomic mass is 32.1. The van der Waals surface area contributed by atoms with Gasteiger partial charge < -0.3 is 0 Å². The number of thiophene rings is 1. The second-order valence-electron chi connectivity index (χ2n) is 3.98. The SMILES string of the molecule is CCc1ccc(C(=O)C=Cc2ccc(F)cc2F)s1. The molecule has 0 N–H and O–H groups in total. The molecular weight excluding hydrogens is 266 g/mol. The average molecular weight is 278 g/mol. The van der Waals surface area contributed by atoms with Crippen LogP contribution in [0.5, 0.6) is 0 Å². The summed E-state index contributed by atoms with van der Waals surface area (Å²) in [6.45, 7) is 2.02. The molecule has 0 aliphatic heterocycles. The highest BCUT2D eigenvalue weighted by molar-refractivity contribution is 7.14. The fraction of sp³-hybridized carbons (Fsp3) is 0.133. The lowest BCUT2D eigenvalue weighted by Gasteiger charge is -1.96. The van der Waals surface area contributed by atoms with E-state index in [2.05, 4.69) is 0 Å². The second-order valence-corrected chi connectivity index (χ2v) is 5.15. The van der Waals surface area contributed by atoms with Gasteiger partial charge in [0.2, 0.25) is 0 Å². The van der Waals surface area contributed by atoms with E-state index < -0.39 is 11.6 Å². The summed E-state index contributed by atoms with van der Waals surface area (Å²) in [6.07, 6.45) is 3.55. The van der Waals surface area contributed by atoms with Gasteiger partial charge in [0.25, 0.3) is 0 Å². The first-order chi connectivity index (χ1) is 9.10. The van der Waals surface area contributed by atoms with Crippen LogP contribution in [0, 0.1) is 11.6 Å². The van der Waals surface area contributed by atoms with Gasteiger partial charge in [0.15, 0.2) is 5.78 Å². The fourth-order valence-corrected chi connectivity index (χ4v) is 2.45. The summed E-state index contributed by atoms with van der Waals surface area (Å²) in [7, 11) is 0. The molecule has 0 spiro atoms. The van der Waals surface area contributed by atoms with Crippen LogP contribution >= 0.6 is 11.3 Å². The van der Waals surface area contributed by atoms with Crippen molar-refractivity contribution in [1.29, 1.82) is 0 Å². The molecule has 0 unspecified atom stereocenters. The molecule has 2 aromatic rings. The molecule has 0 atom stereocenters. The first kappa shape index (κ1) is 13.6. The third kappa shape index (κ3) is 3.35. The number of benzene rings is 1. The van der Waals surface area contributed by atoms with Crippen LogP contribution in [0.15, 0.2) is 36.4 Å². The van der Waals surface area contributed by atoms with Crippen LogP contribution in [-0.4, -0.2) is 5.78 Å². The molecular formula is C15H12F2OS. The number of hydrogen-bond donors (Lipinski definition) is 0. The summed E-state index contributed by atoms with van der Waals surface area (Å²) in [5.74, 6) is -1.48. The number of hydrogen-bond acceptors (Lipinski definition) is 2. The van der Waals surface area contributed by atoms with Gasteiger partial charge in [-0.3, -0.25) is 4.79 Å². The molecule has 1 aromatic carbocycles. The van der Waals surface area contributed by atoms with Crippen molar-refractivity contribution in [3.05, 3.63) is 63.4 Å². The van der Waals surface area contributed by atoms with Crippen LogP contribution in [0.2, 0.25) is 0 Å². The summed E-state index contributed by atoms with van der Waals surface area (Å²) < 4.78 is 26.1. The molecule has 0 aliphatic carbocycles. The second kappa shape index (κ2) is 5.89. The minimum absolute atomic E-state index is 0.173. The topological polar surface area (TPSA) is 17.1 Å². The zero-order valence-corrected chi connectivity index (χ0v) is 11.1. The van der Waals surface area contributed by atoms with E-state index in [-0.39, 0.29) is 11.3 Å². The average Bonchev–Trinajstić information content (AvgIpc) is 2.86. The molecule has 0 aliphatic rings. The fourth-order valence-electron chi connectivity index (χ4n) is 1.58. The van der Waals surface area contributed by atoms with E-state index in [9.17, 15) is 13.6 Å². The monoisotopic (exact) mass is 278 g/mol. The van der Waals surface area contributed by atoms with Crippen LogP contribution in [0.3, 0.4) is 0 Å². The third-order valence-corrected chi connectivity index (χ3v) is 3.87. The number of halogens is 2. The molecule has 4 heteroatoms. The number of ketones is 1. The number of rotatable bonds is 4. The van der Waals surface area contributed by atoms with Gasteiger partial charge in [-0.1, -0.05) is 6.92 Å². The standard InChI is InChI=1S/C15H12F2OS/c1-2-12-6-8-15(19-12)14(18)7-4-10-3-5-11(16)9-13(10)17/h3-9H,2H2,1H3. The zero-order valence-electron chi connectivity index (χ0n) is 10.3. The van der Waals surface area contributed by atoms with Crippen molar-refractivity contribution in [3.63, 3.8) is 0 Å². The Morgan fingerprint density at radius 2 is 2.05 bits per heavy atom. The van der Waals surface area contributed by atoms with E-state index in [1.807, 2.05) is 13.0 Å². The predicted octanol–water partition coefficient (Wildman–Crippen LogP) is 4.48. The highest BCUT2D eigenvalue weighted by Crippen LogP contribution is 2.18. The zero-order chi connectivity index (χ0) is 13.8. The molecule has 0 saturated heterocycles. The van der Waals surface area contributed by atoms with Gasteiger partial charge >= 0.3 is 0 Å². The predicted molar refractivity (Wildman–Crippen MR) is 73.4 cm³/mol. The Bertz CT molecular complexity index is 629. The molecule has 1 nitrogen and oxygen atoms in total. The van der Waals surface area contributed by atoms with Crippen molar-refractivity contribution >= 4 is 23.2 Å². The molecule has 0 amide bonds. The van der Waals surface area contributed by atoms with E-state index in [4.69, 9.17) is 0 Å². The number of carbonyl (C=O) groups is 1. The minimum Gasteiger partial charge on any atom is -0.288 e. The van der Waals surface area contributed by atoms with Gasteiger partial charge in [-0.2, -0.15) is 0 Å². The van der Waals surface area contributed by atoms with Crippen molar-refractivity contribution in [2.24, 2.45) is 0 Å². The van der Waals surface area contributed by atoms with Crippen LogP contribution in [-0.2, 0) is 6.42 Å². The van der Waals surface area contributed by atoms with Crippen molar-refractivity contribution < 1.29 is 13.6 Å².